The van der Waals surface area contributed by atoms with Crippen molar-refractivity contribution in [3.63, 3.8) is 0 Å². The summed E-state index contributed by atoms with van der Waals surface area (Å²) >= 11 is 5.81. The third kappa shape index (κ3) is 6.14. The van der Waals surface area contributed by atoms with Crippen molar-refractivity contribution in [2.24, 2.45) is 0 Å². The minimum absolute atomic E-state index is 0.0387. The molecule has 1 unspecified atom stereocenters. The molecule has 0 aliphatic heterocycles. The van der Waals surface area contributed by atoms with E-state index in [0.717, 1.165) is 0 Å². The Morgan fingerprint density at radius 1 is 1.40 bits per heavy atom. The third-order valence-electron chi connectivity index (χ3n) is 2.57. The number of benzene rings is 1. The lowest BCUT2D eigenvalue weighted by Crippen LogP contribution is -2.38. The molecule has 3 nitrogen and oxygen atoms in total. The number of halogens is 4. The van der Waals surface area contributed by atoms with Gasteiger partial charge in [-0.25, -0.2) is 0 Å². The minimum atomic E-state index is -4.75. The predicted molar refractivity (Wildman–Crippen MR) is 69.7 cm³/mol. The van der Waals surface area contributed by atoms with E-state index in [1.165, 1.54) is 18.2 Å². The molecule has 0 aromatic heterocycles. The monoisotopic (exact) mass is 309 g/mol. The zero-order valence-electron chi connectivity index (χ0n) is 11.0. The van der Waals surface area contributed by atoms with E-state index in [1.54, 1.807) is 19.9 Å². The van der Waals surface area contributed by atoms with Gasteiger partial charge in [0.1, 0.15) is 5.75 Å². The molecule has 0 aliphatic carbocycles. The molecule has 20 heavy (non-hydrogen) atoms. The van der Waals surface area contributed by atoms with E-state index in [1.807, 2.05) is 0 Å². The maximum Gasteiger partial charge on any atom is 0.573 e. The average Bonchev–Trinajstić information content (AvgIpc) is 2.26. The molecule has 1 N–H and O–H groups in total. The van der Waals surface area contributed by atoms with Gasteiger partial charge in [-0.15, -0.1) is 24.8 Å². The number of rotatable bonds is 5. The molecule has 7 heteroatoms. The lowest BCUT2D eigenvalue weighted by Gasteiger charge is -2.16. The zero-order valence-corrected chi connectivity index (χ0v) is 11.8. The van der Waals surface area contributed by atoms with Crippen LogP contribution in [0.3, 0.4) is 0 Å². The van der Waals surface area contributed by atoms with Crippen molar-refractivity contribution in [3.8, 4) is 5.75 Å². The van der Waals surface area contributed by atoms with Gasteiger partial charge in [0.2, 0.25) is 5.91 Å². The molecule has 0 saturated carbocycles. The van der Waals surface area contributed by atoms with Gasteiger partial charge in [-0.3, -0.25) is 4.79 Å². The third-order valence-corrected chi connectivity index (χ3v) is 2.95. The fraction of sp³-hybridized carbons (Fsp3) is 0.462. The number of nitrogens with one attached hydrogen (secondary N) is 1. The highest BCUT2D eigenvalue weighted by molar-refractivity contribution is 6.20. The Morgan fingerprint density at radius 2 is 2.05 bits per heavy atom. The lowest BCUT2D eigenvalue weighted by atomic mass is 10.1. The van der Waals surface area contributed by atoms with Crippen LogP contribution in [0.25, 0.3) is 0 Å². The number of ether oxygens (including phenoxy) is 1. The lowest BCUT2D eigenvalue weighted by molar-refractivity contribution is -0.274. The smallest absolute Gasteiger partial charge is 0.406 e. The number of alkyl halides is 4. The zero-order chi connectivity index (χ0) is 15.3. The van der Waals surface area contributed by atoms with E-state index < -0.39 is 6.36 Å². The molecule has 1 aromatic rings. The van der Waals surface area contributed by atoms with E-state index in [9.17, 15) is 18.0 Å². The Labute approximate surface area is 120 Å². The van der Waals surface area contributed by atoms with E-state index in [2.05, 4.69) is 10.1 Å². The summed E-state index contributed by atoms with van der Waals surface area (Å²) < 4.78 is 40.0. The number of hydrogen-bond donors (Lipinski definition) is 1. The van der Waals surface area contributed by atoms with Gasteiger partial charge < -0.3 is 10.1 Å². The molecule has 2 atom stereocenters. The average molecular weight is 310 g/mol. The van der Waals surface area contributed by atoms with Gasteiger partial charge in [-0.2, -0.15) is 0 Å². The Hall–Kier alpha value is -1.43. The quantitative estimate of drug-likeness (QED) is 0.848. The van der Waals surface area contributed by atoms with Crippen LogP contribution in [0.1, 0.15) is 19.4 Å². The summed E-state index contributed by atoms with van der Waals surface area (Å²) in [5.74, 6) is -0.657. The Morgan fingerprint density at radius 3 is 2.60 bits per heavy atom. The number of amides is 1. The molecule has 0 saturated heterocycles. The summed E-state index contributed by atoms with van der Waals surface area (Å²) in [4.78, 5) is 11.7. The SMILES string of the molecule is CC(Cl)[C@@H](C)NC(=O)Cc1cccc(OC(F)(F)F)c1. The Balaban J connectivity index is 2.64. The fourth-order valence-electron chi connectivity index (χ4n) is 1.46. The summed E-state index contributed by atoms with van der Waals surface area (Å²) in [6.07, 6.45) is -4.79. The molecular weight excluding hydrogens is 295 g/mol. The van der Waals surface area contributed by atoms with Crippen LogP contribution in [-0.4, -0.2) is 23.7 Å². The first-order valence-electron chi connectivity index (χ1n) is 5.95. The molecular formula is C13H15ClF3NO2. The van der Waals surface area contributed by atoms with Crippen LogP contribution in [-0.2, 0) is 11.2 Å². The van der Waals surface area contributed by atoms with Crippen LogP contribution in [0.15, 0.2) is 24.3 Å². The highest BCUT2D eigenvalue weighted by Gasteiger charge is 2.31. The first kappa shape index (κ1) is 16.6. The van der Waals surface area contributed by atoms with Crippen LogP contribution in [0.4, 0.5) is 13.2 Å². The molecule has 0 aliphatic rings. The molecule has 1 aromatic carbocycles. The Kier molecular flexibility index (Phi) is 5.68. The molecule has 0 spiro atoms. The molecule has 0 heterocycles. The summed E-state index contributed by atoms with van der Waals surface area (Å²) in [6.45, 7) is 3.49. The van der Waals surface area contributed by atoms with Crippen LogP contribution in [0, 0.1) is 0 Å². The highest BCUT2D eigenvalue weighted by atomic mass is 35.5. The van der Waals surface area contributed by atoms with Gasteiger partial charge in [0.25, 0.3) is 0 Å². The first-order chi connectivity index (χ1) is 9.17. The van der Waals surface area contributed by atoms with Crippen molar-refractivity contribution in [2.75, 3.05) is 0 Å². The second-order valence-corrected chi connectivity index (χ2v) is 5.09. The van der Waals surface area contributed by atoms with Crippen molar-refractivity contribution >= 4 is 17.5 Å². The van der Waals surface area contributed by atoms with Crippen molar-refractivity contribution in [3.05, 3.63) is 29.8 Å². The summed E-state index contributed by atoms with van der Waals surface area (Å²) in [5, 5.41) is 2.42. The summed E-state index contributed by atoms with van der Waals surface area (Å²) in [6, 6.07) is 5.09. The first-order valence-corrected chi connectivity index (χ1v) is 6.39. The minimum Gasteiger partial charge on any atom is -0.406 e. The van der Waals surface area contributed by atoms with Gasteiger partial charge in [-0.05, 0) is 31.5 Å². The van der Waals surface area contributed by atoms with Gasteiger partial charge in [0.15, 0.2) is 0 Å². The molecule has 0 radical (unpaired) electrons. The van der Waals surface area contributed by atoms with Crippen LogP contribution < -0.4 is 10.1 Å². The van der Waals surface area contributed by atoms with Gasteiger partial charge in [0.05, 0.1) is 11.8 Å². The maximum atomic E-state index is 12.1. The maximum absolute atomic E-state index is 12.1. The number of hydrogen-bond acceptors (Lipinski definition) is 2. The van der Waals surface area contributed by atoms with Gasteiger partial charge in [-0.1, -0.05) is 12.1 Å². The predicted octanol–water partition coefficient (Wildman–Crippen LogP) is 3.26. The molecule has 1 amide bonds. The van der Waals surface area contributed by atoms with Crippen molar-refractivity contribution in [2.45, 2.75) is 38.0 Å². The molecule has 0 fully saturated rings. The van der Waals surface area contributed by atoms with Crippen LogP contribution in [0.2, 0.25) is 0 Å². The Bertz CT molecular complexity index is 463. The molecule has 1 rings (SSSR count). The second-order valence-electron chi connectivity index (χ2n) is 4.41. The normalized spacial score (nSPS) is 14.5. The van der Waals surface area contributed by atoms with Crippen molar-refractivity contribution in [1.29, 1.82) is 0 Å². The highest BCUT2D eigenvalue weighted by Crippen LogP contribution is 2.23. The van der Waals surface area contributed by atoms with Crippen LogP contribution >= 0.6 is 11.6 Å². The summed E-state index contributed by atoms with van der Waals surface area (Å²) in [5.41, 5.74) is 0.429. The van der Waals surface area contributed by atoms with E-state index in [4.69, 9.17) is 11.6 Å². The topological polar surface area (TPSA) is 38.3 Å². The van der Waals surface area contributed by atoms with E-state index in [0.29, 0.717) is 5.56 Å². The largest absolute Gasteiger partial charge is 0.573 e. The van der Waals surface area contributed by atoms with E-state index >= 15 is 0 Å². The van der Waals surface area contributed by atoms with E-state index in [-0.39, 0.29) is 29.5 Å². The second kappa shape index (κ2) is 6.83. The van der Waals surface area contributed by atoms with Gasteiger partial charge in [0, 0.05) is 6.04 Å². The number of carbonyl (C=O) groups is 1. The number of carbonyl (C=O) groups excluding carboxylic acids is 1. The molecule has 112 valence electrons. The summed E-state index contributed by atoms with van der Waals surface area (Å²) in [7, 11) is 0. The standard InChI is InChI=1S/C13H15ClF3NO2/c1-8(14)9(2)18-12(19)7-10-4-3-5-11(6-10)20-13(15,16)17/h3-6,8-9H,7H2,1-2H3,(H,18,19)/t8?,9-/m1/s1. The van der Waals surface area contributed by atoms with Crippen molar-refractivity contribution < 1.29 is 22.7 Å². The van der Waals surface area contributed by atoms with Gasteiger partial charge >= 0.3 is 6.36 Å². The van der Waals surface area contributed by atoms with Crippen LogP contribution in [0.5, 0.6) is 5.75 Å². The fourth-order valence-corrected chi connectivity index (χ4v) is 1.52. The molecule has 0 bridgehead atoms. The van der Waals surface area contributed by atoms with Crippen molar-refractivity contribution in [1.82, 2.24) is 5.32 Å².